The Hall–Kier alpha value is -1.82. The Morgan fingerprint density at radius 3 is 2.79 bits per heavy atom. The predicted octanol–water partition coefficient (Wildman–Crippen LogP) is 2.87. The maximum atomic E-state index is 13.5. The summed E-state index contributed by atoms with van der Waals surface area (Å²) >= 11 is 3.16. The Balaban J connectivity index is 2.06. The van der Waals surface area contributed by atoms with Crippen molar-refractivity contribution in [3.63, 3.8) is 0 Å². The van der Waals surface area contributed by atoms with Crippen LogP contribution in [0.3, 0.4) is 0 Å². The summed E-state index contributed by atoms with van der Waals surface area (Å²) in [7, 11) is 1.69. The van der Waals surface area contributed by atoms with E-state index >= 15 is 0 Å². The van der Waals surface area contributed by atoms with Crippen molar-refractivity contribution in [2.75, 3.05) is 5.73 Å². The smallest absolute Gasteiger partial charge is 0.355 e. The number of carbonyl (C=O) groups is 1. The van der Waals surface area contributed by atoms with Crippen molar-refractivity contribution in [3.8, 4) is 0 Å². The molecular weight excluding hydrogens is 315 g/mol. The van der Waals surface area contributed by atoms with E-state index in [-0.39, 0.29) is 6.61 Å². The van der Waals surface area contributed by atoms with Crippen molar-refractivity contribution in [1.82, 2.24) is 4.57 Å². The van der Waals surface area contributed by atoms with Crippen molar-refractivity contribution in [1.29, 1.82) is 0 Å². The highest BCUT2D eigenvalue weighted by molar-refractivity contribution is 9.10. The lowest BCUT2D eigenvalue weighted by atomic mass is 10.2. The van der Waals surface area contributed by atoms with Gasteiger partial charge in [-0.3, -0.25) is 0 Å². The van der Waals surface area contributed by atoms with Gasteiger partial charge in [0.2, 0.25) is 0 Å². The molecule has 1 heterocycles. The SMILES string of the molecule is Cn1cc(N)cc1C(=O)OCc1ccc(Br)cc1F. The molecule has 0 atom stereocenters. The van der Waals surface area contributed by atoms with E-state index < -0.39 is 11.8 Å². The lowest BCUT2D eigenvalue weighted by Crippen LogP contribution is -2.10. The van der Waals surface area contributed by atoms with Crippen LogP contribution in [0.1, 0.15) is 16.1 Å². The number of hydrogen-bond donors (Lipinski definition) is 1. The molecule has 2 rings (SSSR count). The Labute approximate surface area is 118 Å². The van der Waals surface area contributed by atoms with Gasteiger partial charge >= 0.3 is 5.97 Å². The first-order chi connectivity index (χ1) is 8.97. The first kappa shape index (κ1) is 13.6. The summed E-state index contributed by atoms with van der Waals surface area (Å²) < 4.78 is 20.8. The van der Waals surface area contributed by atoms with Crippen molar-refractivity contribution in [2.24, 2.45) is 7.05 Å². The fraction of sp³-hybridized carbons (Fsp3) is 0.154. The Kier molecular flexibility index (Phi) is 3.90. The van der Waals surface area contributed by atoms with E-state index in [1.807, 2.05) is 0 Å². The largest absolute Gasteiger partial charge is 0.456 e. The molecule has 0 radical (unpaired) electrons. The van der Waals surface area contributed by atoms with Crippen molar-refractivity contribution >= 4 is 27.6 Å². The van der Waals surface area contributed by atoms with Gasteiger partial charge in [0.05, 0.1) is 5.69 Å². The van der Waals surface area contributed by atoms with Gasteiger partial charge in [0, 0.05) is 23.3 Å². The number of anilines is 1. The summed E-state index contributed by atoms with van der Waals surface area (Å²) in [6.45, 7) is -0.122. The maximum absolute atomic E-state index is 13.5. The van der Waals surface area contributed by atoms with E-state index in [0.717, 1.165) is 0 Å². The molecule has 6 heteroatoms. The number of aryl methyl sites for hydroxylation is 1. The Morgan fingerprint density at radius 2 is 2.21 bits per heavy atom. The second-order valence-corrected chi connectivity index (χ2v) is 5.00. The number of benzene rings is 1. The molecule has 100 valence electrons. The number of carbonyl (C=O) groups excluding carboxylic acids is 1. The number of ether oxygens (including phenoxy) is 1. The van der Waals surface area contributed by atoms with Crippen LogP contribution in [0.2, 0.25) is 0 Å². The molecule has 0 saturated heterocycles. The van der Waals surface area contributed by atoms with Gasteiger partial charge in [-0.2, -0.15) is 0 Å². The second-order valence-electron chi connectivity index (χ2n) is 4.08. The van der Waals surface area contributed by atoms with Crippen molar-refractivity contribution < 1.29 is 13.9 Å². The molecule has 2 aromatic rings. The zero-order valence-corrected chi connectivity index (χ0v) is 11.8. The van der Waals surface area contributed by atoms with Crippen LogP contribution in [0, 0.1) is 5.82 Å². The fourth-order valence-electron chi connectivity index (χ4n) is 1.65. The van der Waals surface area contributed by atoms with Gasteiger partial charge in [0.1, 0.15) is 18.1 Å². The topological polar surface area (TPSA) is 57.2 Å². The highest BCUT2D eigenvalue weighted by Crippen LogP contribution is 2.17. The van der Waals surface area contributed by atoms with Gasteiger partial charge < -0.3 is 15.0 Å². The number of esters is 1. The van der Waals surface area contributed by atoms with E-state index in [0.29, 0.717) is 21.4 Å². The van der Waals surface area contributed by atoms with Crippen LogP contribution >= 0.6 is 15.9 Å². The molecule has 0 saturated carbocycles. The van der Waals surface area contributed by atoms with E-state index in [2.05, 4.69) is 15.9 Å². The molecule has 1 aromatic carbocycles. The predicted molar refractivity (Wildman–Crippen MR) is 73.0 cm³/mol. The third-order valence-corrected chi connectivity index (χ3v) is 3.10. The van der Waals surface area contributed by atoms with Gasteiger partial charge in [-0.15, -0.1) is 0 Å². The average Bonchev–Trinajstić information content (AvgIpc) is 2.67. The standard InChI is InChI=1S/C13H12BrFN2O2/c1-17-6-10(16)5-12(17)13(18)19-7-8-2-3-9(14)4-11(8)15/h2-6H,7,16H2,1H3. The van der Waals surface area contributed by atoms with Gasteiger partial charge in [-0.1, -0.05) is 22.0 Å². The Bertz CT molecular complexity index is 625. The van der Waals surface area contributed by atoms with Crippen LogP contribution in [0.15, 0.2) is 34.9 Å². The lowest BCUT2D eigenvalue weighted by molar-refractivity contribution is 0.0458. The fourth-order valence-corrected chi connectivity index (χ4v) is 1.98. The number of halogens is 2. The number of aromatic nitrogens is 1. The maximum Gasteiger partial charge on any atom is 0.355 e. The summed E-state index contributed by atoms with van der Waals surface area (Å²) in [5, 5.41) is 0. The number of nitrogens with two attached hydrogens (primary N) is 1. The molecule has 0 fully saturated rings. The summed E-state index contributed by atoms with van der Waals surface area (Å²) in [5.41, 5.74) is 6.69. The first-order valence-electron chi connectivity index (χ1n) is 5.50. The summed E-state index contributed by atoms with van der Waals surface area (Å²) in [4.78, 5) is 11.8. The van der Waals surface area contributed by atoms with Gasteiger partial charge in [0.15, 0.2) is 0 Å². The van der Waals surface area contributed by atoms with E-state index in [1.54, 1.807) is 29.9 Å². The molecule has 4 nitrogen and oxygen atoms in total. The minimum atomic E-state index is -0.540. The third-order valence-electron chi connectivity index (χ3n) is 2.61. The van der Waals surface area contributed by atoms with Crippen LogP contribution in [-0.4, -0.2) is 10.5 Å². The molecule has 0 aliphatic carbocycles. The van der Waals surface area contributed by atoms with Crippen LogP contribution in [-0.2, 0) is 18.4 Å². The third kappa shape index (κ3) is 3.14. The van der Waals surface area contributed by atoms with E-state index in [4.69, 9.17) is 10.5 Å². The van der Waals surface area contributed by atoms with Gasteiger partial charge in [-0.25, -0.2) is 9.18 Å². The van der Waals surface area contributed by atoms with Gasteiger partial charge in [0.25, 0.3) is 0 Å². The Morgan fingerprint density at radius 1 is 1.47 bits per heavy atom. The molecule has 1 aromatic heterocycles. The minimum Gasteiger partial charge on any atom is -0.456 e. The highest BCUT2D eigenvalue weighted by atomic mass is 79.9. The molecule has 0 spiro atoms. The molecule has 19 heavy (non-hydrogen) atoms. The normalized spacial score (nSPS) is 10.5. The quantitative estimate of drug-likeness (QED) is 0.882. The molecule has 2 N–H and O–H groups in total. The first-order valence-corrected chi connectivity index (χ1v) is 6.29. The number of nitrogens with zero attached hydrogens (tertiary/aromatic N) is 1. The zero-order valence-electron chi connectivity index (χ0n) is 10.2. The molecule has 0 aliphatic heterocycles. The lowest BCUT2D eigenvalue weighted by Gasteiger charge is -2.06. The summed E-state index contributed by atoms with van der Waals surface area (Å²) in [5.74, 6) is -0.963. The van der Waals surface area contributed by atoms with Crippen molar-refractivity contribution in [2.45, 2.75) is 6.61 Å². The second kappa shape index (κ2) is 5.44. The number of hydrogen-bond acceptors (Lipinski definition) is 3. The van der Waals surface area contributed by atoms with Crippen LogP contribution in [0.25, 0.3) is 0 Å². The number of nitrogen functional groups attached to an aromatic ring is 1. The summed E-state index contributed by atoms with van der Waals surface area (Å²) in [6, 6.07) is 6.09. The van der Waals surface area contributed by atoms with Crippen LogP contribution < -0.4 is 5.73 Å². The zero-order chi connectivity index (χ0) is 14.0. The highest BCUT2D eigenvalue weighted by Gasteiger charge is 2.13. The number of rotatable bonds is 3. The van der Waals surface area contributed by atoms with E-state index in [9.17, 15) is 9.18 Å². The molecular formula is C13H12BrFN2O2. The molecule has 0 bridgehead atoms. The average molecular weight is 327 g/mol. The molecule has 0 amide bonds. The van der Waals surface area contributed by atoms with Crippen molar-refractivity contribution in [3.05, 3.63) is 52.0 Å². The summed E-state index contributed by atoms with van der Waals surface area (Å²) in [6.07, 6.45) is 1.61. The van der Waals surface area contributed by atoms with Crippen LogP contribution in [0.4, 0.5) is 10.1 Å². The molecule has 0 aliphatic rings. The van der Waals surface area contributed by atoms with E-state index in [1.165, 1.54) is 12.1 Å². The van der Waals surface area contributed by atoms with Crippen LogP contribution in [0.5, 0.6) is 0 Å². The minimum absolute atomic E-state index is 0.122. The monoisotopic (exact) mass is 326 g/mol. The molecule has 0 unspecified atom stereocenters. The van der Waals surface area contributed by atoms with Gasteiger partial charge in [-0.05, 0) is 18.2 Å².